The molecule has 0 fully saturated rings. The van der Waals surface area contributed by atoms with Crippen molar-refractivity contribution in [3.63, 3.8) is 0 Å². The fourth-order valence-corrected chi connectivity index (χ4v) is 1.55. The number of carbonyl (C=O) groups is 1. The van der Waals surface area contributed by atoms with Gasteiger partial charge in [0, 0.05) is 5.75 Å². The number of nitrogens with zero attached hydrogens (tertiary/aromatic N) is 1. The van der Waals surface area contributed by atoms with E-state index in [2.05, 4.69) is 0 Å². The van der Waals surface area contributed by atoms with Crippen molar-refractivity contribution in [1.82, 2.24) is 0 Å². The van der Waals surface area contributed by atoms with Gasteiger partial charge in [-0.25, -0.2) is 0 Å². The molecule has 0 heterocycles. The molecule has 1 aromatic rings. The Bertz CT molecular complexity index is 378. The van der Waals surface area contributed by atoms with Crippen molar-refractivity contribution in [2.24, 2.45) is 0 Å². The fourth-order valence-electron chi connectivity index (χ4n) is 1.00. The average Bonchev–Trinajstić information content (AvgIpc) is 2.26. The third kappa shape index (κ3) is 5.04. The second-order valence-corrected chi connectivity index (χ2v) is 3.91. The lowest BCUT2D eigenvalue weighted by atomic mass is 10.2. The number of carbonyl (C=O) groups excluding carboxylic acids is 1. The number of rotatable bonds is 4. The zero-order valence-electron chi connectivity index (χ0n) is 8.22. The van der Waals surface area contributed by atoms with Crippen LogP contribution in [0.2, 0.25) is 0 Å². The minimum Gasteiger partial charge on any atom is -0.286 e. The maximum atomic E-state index is 11.0. The van der Waals surface area contributed by atoms with Crippen molar-refractivity contribution in [3.05, 3.63) is 42.0 Å². The average molecular weight is 217 g/mol. The highest BCUT2D eigenvalue weighted by Crippen LogP contribution is 2.07. The molecule has 0 radical (unpaired) electrons. The molecular weight excluding hydrogens is 206 g/mol. The van der Waals surface area contributed by atoms with Crippen molar-refractivity contribution in [1.29, 1.82) is 5.26 Å². The van der Waals surface area contributed by atoms with E-state index in [4.69, 9.17) is 5.26 Å². The molecule has 0 N–H and O–H groups in total. The van der Waals surface area contributed by atoms with E-state index in [0.717, 1.165) is 5.56 Å². The topological polar surface area (TPSA) is 40.9 Å². The van der Waals surface area contributed by atoms with Crippen LogP contribution in [0, 0.1) is 11.3 Å². The van der Waals surface area contributed by atoms with Gasteiger partial charge in [0.25, 0.3) is 0 Å². The van der Waals surface area contributed by atoms with Gasteiger partial charge in [-0.05, 0) is 5.56 Å². The van der Waals surface area contributed by atoms with Crippen LogP contribution in [0.15, 0.2) is 36.4 Å². The van der Waals surface area contributed by atoms with Crippen molar-refractivity contribution in [3.8, 4) is 6.07 Å². The Morgan fingerprint density at radius 3 is 2.80 bits per heavy atom. The molecule has 0 saturated carbocycles. The number of nitriles is 1. The Hall–Kier alpha value is -1.53. The van der Waals surface area contributed by atoms with Gasteiger partial charge in [0.1, 0.15) is 6.42 Å². The SMILES string of the molecule is N#CCC(=O)SC/C=C/c1ccccc1. The van der Waals surface area contributed by atoms with Crippen LogP contribution in [0.5, 0.6) is 0 Å². The van der Waals surface area contributed by atoms with Gasteiger partial charge in [0.05, 0.1) is 6.07 Å². The van der Waals surface area contributed by atoms with E-state index in [1.807, 2.05) is 48.6 Å². The molecule has 0 aliphatic rings. The van der Waals surface area contributed by atoms with Crippen molar-refractivity contribution < 1.29 is 4.79 Å². The normalized spacial score (nSPS) is 10.1. The first-order chi connectivity index (χ1) is 7.33. The van der Waals surface area contributed by atoms with Gasteiger partial charge in [-0.15, -0.1) is 0 Å². The van der Waals surface area contributed by atoms with Crippen LogP contribution in [-0.2, 0) is 4.79 Å². The monoisotopic (exact) mass is 217 g/mol. The van der Waals surface area contributed by atoms with Crippen LogP contribution in [-0.4, -0.2) is 10.9 Å². The van der Waals surface area contributed by atoms with Gasteiger partial charge in [-0.3, -0.25) is 4.79 Å². The van der Waals surface area contributed by atoms with E-state index < -0.39 is 0 Å². The third-order valence-electron chi connectivity index (χ3n) is 1.67. The van der Waals surface area contributed by atoms with E-state index in [9.17, 15) is 4.79 Å². The lowest BCUT2D eigenvalue weighted by molar-refractivity contribution is -0.110. The highest BCUT2D eigenvalue weighted by molar-refractivity contribution is 8.13. The fraction of sp³-hybridized carbons (Fsp3) is 0.167. The summed E-state index contributed by atoms with van der Waals surface area (Å²) in [5.74, 6) is 0.620. The molecule has 3 heteroatoms. The van der Waals surface area contributed by atoms with Crippen LogP contribution in [0.4, 0.5) is 0 Å². The van der Waals surface area contributed by atoms with Crippen LogP contribution in [0.25, 0.3) is 6.08 Å². The molecular formula is C12H11NOS. The lowest BCUT2D eigenvalue weighted by Gasteiger charge is -1.92. The highest BCUT2D eigenvalue weighted by atomic mass is 32.2. The maximum Gasteiger partial charge on any atom is 0.203 e. The molecule has 0 spiro atoms. The molecule has 15 heavy (non-hydrogen) atoms. The summed E-state index contributed by atoms with van der Waals surface area (Å²) in [6.45, 7) is 0. The van der Waals surface area contributed by atoms with Crippen LogP contribution < -0.4 is 0 Å². The molecule has 76 valence electrons. The van der Waals surface area contributed by atoms with E-state index in [0.29, 0.717) is 5.75 Å². The Labute approximate surface area is 93.6 Å². The smallest absolute Gasteiger partial charge is 0.203 e. The molecule has 0 aliphatic carbocycles. The summed E-state index contributed by atoms with van der Waals surface area (Å²) >= 11 is 1.17. The van der Waals surface area contributed by atoms with Crippen molar-refractivity contribution in [2.45, 2.75) is 6.42 Å². The third-order valence-corrected chi connectivity index (χ3v) is 2.50. The van der Waals surface area contributed by atoms with Gasteiger partial charge < -0.3 is 0 Å². The van der Waals surface area contributed by atoms with E-state index in [-0.39, 0.29) is 11.5 Å². The Morgan fingerprint density at radius 1 is 1.40 bits per heavy atom. The molecule has 0 aliphatic heterocycles. The number of benzene rings is 1. The molecule has 1 aromatic carbocycles. The standard InChI is InChI=1S/C12H11NOS/c13-9-8-12(14)15-10-4-7-11-5-2-1-3-6-11/h1-7H,8,10H2/b7-4+. The molecule has 2 nitrogen and oxygen atoms in total. The summed E-state index contributed by atoms with van der Waals surface area (Å²) in [4.78, 5) is 11.0. The first kappa shape index (κ1) is 11.5. The molecule has 0 saturated heterocycles. The number of hydrogen-bond donors (Lipinski definition) is 0. The lowest BCUT2D eigenvalue weighted by Crippen LogP contribution is -1.88. The summed E-state index contributed by atoms with van der Waals surface area (Å²) in [5.41, 5.74) is 1.12. The van der Waals surface area contributed by atoms with Crippen molar-refractivity contribution >= 4 is 23.0 Å². The number of hydrogen-bond acceptors (Lipinski definition) is 3. The first-order valence-corrected chi connectivity index (χ1v) is 5.55. The minimum absolute atomic E-state index is 0.0101. The van der Waals surface area contributed by atoms with Gasteiger partial charge >= 0.3 is 0 Å². The highest BCUT2D eigenvalue weighted by Gasteiger charge is 1.97. The van der Waals surface area contributed by atoms with Gasteiger partial charge in [-0.2, -0.15) is 5.26 Å². The summed E-state index contributed by atoms with van der Waals surface area (Å²) in [6.07, 6.45) is 3.88. The molecule has 0 unspecified atom stereocenters. The molecule has 0 atom stereocenters. The molecule has 0 bridgehead atoms. The minimum atomic E-state index is -0.0739. The van der Waals surface area contributed by atoms with Crippen LogP contribution in [0.1, 0.15) is 12.0 Å². The molecule has 1 rings (SSSR count). The summed E-state index contributed by atoms with van der Waals surface area (Å²) in [7, 11) is 0. The zero-order chi connectivity index (χ0) is 10.9. The zero-order valence-corrected chi connectivity index (χ0v) is 9.04. The van der Waals surface area contributed by atoms with Crippen LogP contribution >= 0.6 is 11.8 Å². The Kier molecular flexibility index (Phi) is 5.28. The van der Waals surface area contributed by atoms with Crippen LogP contribution in [0.3, 0.4) is 0 Å². The second-order valence-electron chi connectivity index (χ2n) is 2.83. The van der Waals surface area contributed by atoms with Crippen molar-refractivity contribution in [2.75, 3.05) is 5.75 Å². The number of thioether (sulfide) groups is 1. The quantitative estimate of drug-likeness (QED) is 0.778. The molecule has 0 aromatic heterocycles. The summed E-state index contributed by atoms with van der Waals surface area (Å²) in [5, 5.41) is 8.20. The second kappa shape index (κ2) is 6.86. The largest absolute Gasteiger partial charge is 0.286 e. The van der Waals surface area contributed by atoms with E-state index in [1.165, 1.54) is 11.8 Å². The summed E-state index contributed by atoms with van der Waals surface area (Å²) < 4.78 is 0. The predicted octanol–water partition coefficient (Wildman–Crippen LogP) is 2.87. The van der Waals surface area contributed by atoms with Gasteiger partial charge in [0.15, 0.2) is 0 Å². The Morgan fingerprint density at radius 2 is 2.13 bits per heavy atom. The van der Waals surface area contributed by atoms with Gasteiger partial charge in [-0.1, -0.05) is 54.2 Å². The maximum absolute atomic E-state index is 11.0. The summed E-state index contributed by atoms with van der Waals surface area (Å²) in [6, 6.07) is 11.7. The van der Waals surface area contributed by atoms with Gasteiger partial charge in [0.2, 0.25) is 5.12 Å². The van der Waals surface area contributed by atoms with E-state index >= 15 is 0 Å². The molecule has 0 amide bonds. The first-order valence-electron chi connectivity index (χ1n) is 4.57. The predicted molar refractivity (Wildman–Crippen MR) is 63.2 cm³/mol. The Balaban J connectivity index is 2.29. The van der Waals surface area contributed by atoms with E-state index in [1.54, 1.807) is 0 Å².